The van der Waals surface area contributed by atoms with Crippen molar-refractivity contribution in [1.82, 2.24) is 14.8 Å². The number of halogens is 1. The molecular formula is C18H20FN5O3. The van der Waals surface area contributed by atoms with Crippen molar-refractivity contribution in [1.29, 1.82) is 0 Å². The molecule has 8 nitrogen and oxygen atoms in total. The van der Waals surface area contributed by atoms with E-state index in [2.05, 4.69) is 10.3 Å². The normalized spacial score (nSPS) is 14.0. The molecule has 1 saturated heterocycles. The van der Waals surface area contributed by atoms with E-state index in [0.717, 1.165) is 0 Å². The molecule has 1 aliphatic heterocycles. The summed E-state index contributed by atoms with van der Waals surface area (Å²) in [6.45, 7) is 3.39. The molecule has 27 heavy (non-hydrogen) atoms. The molecule has 1 aromatic heterocycles. The van der Waals surface area contributed by atoms with Gasteiger partial charge in [0.1, 0.15) is 11.6 Å². The predicted octanol–water partition coefficient (Wildman–Crippen LogP) is 2.29. The summed E-state index contributed by atoms with van der Waals surface area (Å²) in [7, 11) is 0. The number of nitrogens with two attached hydrogens (primary N) is 1. The van der Waals surface area contributed by atoms with Crippen LogP contribution in [0.4, 0.5) is 20.7 Å². The van der Waals surface area contributed by atoms with Gasteiger partial charge in [-0.3, -0.25) is 10.1 Å². The van der Waals surface area contributed by atoms with Crippen LogP contribution in [0.3, 0.4) is 0 Å². The number of rotatable bonds is 3. The molecule has 0 bridgehead atoms. The summed E-state index contributed by atoms with van der Waals surface area (Å²) in [6, 6.07) is 6.86. The van der Waals surface area contributed by atoms with Crippen molar-refractivity contribution in [2.24, 2.45) is 0 Å². The number of benzene rings is 1. The zero-order chi connectivity index (χ0) is 19.4. The number of urea groups is 1. The third-order valence-electron chi connectivity index (χ3n) is 4.16. The molecule has 2 heterocycles. The van der Waals surface area contributed by atoms with Gasteiger partial charge in [-0.2, -0.15) is 0 Å². The average molecular weight is 373 g/mol. The van der Waals surface area contributed by atoms with Crippen LogP contribution in [0.1, 0.15) is 6.92 Å². The molecule has 0 atom stereocenters. The smallest absolute Gasteiger partial charge is 0.323 e. The summed E-state index contributed by atoms with van der Waals surface area (Å²) >= 11 is 0. The molecule has 0 saturated carbocycles. The Morgan fingerprint density at radius 1 is 1.15 bits per heavy atom. The Morgan fingerprint density at radius 2 is 1.85 bits per heavy atom. The van der Waals surface area contributed by atoms with Gasteiger partial charge in [0.25, 0.3) is 0 Å². The first kappa shape index (κ1) is 18.4. The van der Waals surface area contributed by atoms with Gasteiger partial charge in [-0.15, -0.1) is 0 Å². The molecular weight excluding hydrogens is 353 g/mol. The van der Waals surface area contributed by atoms with E-state index in [4.69, 9.17) is 10.5 Å². The van der Waals surface area contributed by atoms with Crippen molar-refractivity contribution < 1.29 is 18.7 Å². The number of carbonyl (C=O) groups is 2. The van der Waals surface area contributed by atoms with E-state index < -0.39 is 5.82 Å². The van der Waals surface area contributed by atoms with Crippen LogP contribution in [0.2, 0.25) is 0 Å². The molecule has 1 aliphatic rings. The van der Waals surface area contributed by atoms with E-state index in [0.29, 0.717) is 37.6 Å². The molecule has 3 amide bonds. The quantitative estimate of drug-likeness (QED) is 0.804. The van der Waals surface area contributed by atoms with Gasteiger partial charge in [-0.1, -0.05) is 0 Å². The third-order valence-corrected chi connectivity index (χ3v) is 4.16. The topological polar surface area (TPSA) is 101 Å². The Balaban J connectivity index is 1.62. The average Bonchev–Trinajstić information content (AvgIpc) is 2.64. The number of nitrogens with one attached hydrogen (secondary N) is 1. The molecule has 3 N–H and O–H groups in total. The van der Waals surface area contributed by atoms with Crippen LogP contribution in [0.25, 0.3) is 0 Å². The summed E-state index contributed by atoms with van der Waals surface area (Å²) < 4.78 is 19.3. The molecule has 1 aromatic carbocycles. The Kier molecular flexibility index (Phi) is 5.39. The fraction of sp³-hybridized carbons (Fsp3) is 0.278. The number of ether oxygens (including phenoxy) is 1. The molecule has 142 valence electrons. The minimum absolute atomic E-state index is 0.00326. The highest BCUT2D eigenvalue weighted by molar-refractivity contribution is 5.88. The first-order valence-corrected chi connectivity index (χ1v) is 8.43. The summed E-state index contributed by atoms with van der Waals surface area (Å²) in [5, 5.41) is 2.68. The molecule has 2 aromatic rings. The number of aromatic nitrogens is 1. The van der Waals surface area contributed by atoms with Gasteiger partial charge < -0.3 is 20.3 Å². The van der Waals surface area contributed by atoms with E-state index in [-0.39, 0.29) is 23.5 Å². The standard InChI is InChI=1S/C18H20FN5O3/c1-12(25)23-6-8-24(9-7-23)18(26)22-17-11-14(4-5-21-17)27-16-3-2-13(20)10-15(16)19/h2-5,10-11H,6-9,20H2,1H3,(H,21,22,26). The van der Waals surface area contributed by atoms with E-state index in [9.17, 15) is 14.0 Å². The van der Waals surface area contributed by atoms with E-state index >= 15 is 0 Å². The highest BCUT2D eigenvalue weighted by Crippen LogP contribution is 2.26. The van der Waals surface area contributed by atoms with Crippen LogP contribution < -0.4 is 15.8 Å². The Hall–Kier alpha value is -3.36. The van der Waals surface area contributed by atoms with Crippen LogP contribution in [-0.2, 0) is 4.79 Å². The van der Waals surface area contributed by atoms with Gasteiger partial charge in [-0.05, 0) is 18.2 Å². The maximum Gasteiger partial charge on any atom is 0.323 e. The van der Waals surface area contributed by atoms with Crippen LogP contribution in [0, 0.1) is 5.82 Å². The van der Waals surface area contributed by atoms with Crippen molar-refractivity contribution >= 4 is 23.4 Å². The largest absolute Gasteiger partial charge is 0.454 e. The maximum absolute atomic E-state index is 13.9. The highest BCUT2D eigenvalue weighted by atomic mass is 19.1. The molecule has 9 heteroatoms. The van der Waals surface area contributed by atoms with Crippen molar-refractivity contribution in [3.63, 3.8) is 0 Å². The monoisotopic (exact) mass is 373 g/mol. The molecule has 0 radical (unpaired) electrons. The zero-order valence-corrected chi connectivity index (χ0v) is 14.8. The van der Waals surface area contributed by atoms with Crippen LogP contribution in [-0.4, -0.2) is 52.9 Å². The van der Waals surface area contributed by atoms with Gasteiger partial charge in [-0.25, -0.2) is 14.2 Å². The van der Waals surface area contributed by atoms with Gasteiger partial charge in [0, 0.05) is 57.1 Å². The molecule has 0 spiro atoms. The summed E-state index contributed by atoms with van der Waals surface area (Å²) in [5.41, 5.74) is 5.81. The number of piperazine rings is 1. The molecule has 0 aliphatic carbocycles. The third kappa shape index (κ3) is 4.63. The lowest BCUT2D eigenvalue weighted by Crippen LogP contribution is -2.51. The lowest BCUT2D eigenvalue weighted by Gasteiger charge is -2.34. The number of carbonyl (C=O) groups excluding carboxylic acids is 2. The van der Waals surface area contributed by atoms with E-state index in [1.807, 2.05) is 0 Å². The van der Waals surface area contributed by atoms with Crippen molar-refractivity contribution in [2.75, 3.05) is 37.2 Å². The highest BCUT2D eigenvalue weighted by Gasteiger charge is 2.22. The number of amides is 3. The molecule has 3 rings (SSSR count). The second-order valence-electron chi connectivity index (χ2n) is 6.09. The summed E-state index contributed by atoms with van der Waals surface area (Å²) in [4.78, 5) is 31.1. The number of pyridine rings is 1. The number of nitrogen functional groups attached to an aromatic ring is 1. The minimum Gasteiger partial charge on any atom is -0.454 e. The van der Waals surface area contributed by atoms with Gasteiger partial charge in [0.15, 0.2) is 11.6 Å². The summed E-state index contributed by atoms with van der Waals surface area (Å²) in [5.74, 6) is 0.0398. The second-order valence-corrected chi connectivity index (χ2v) is 6.09. The Morgan fingerprint density at radius 3 is 2.52 bits per heavy atom. The van der Waals surface area contributed by atoms with Crippen LogP contribution in [0.15, 0.2) is 36.5 Å². The zero-order valence-electron chi connectivity index (χ0n) is 14.8. The Labute approximate surface area is 155 Å². The Bertz CT molecular complexity index is 853. The maximum atomic E-state index is 13.9. The fourth-order valence-electron chi connectivity index (χ4n) is 2.68. The molecule has 1 fully saturated rings. The lowest BCUT2D eigenvalue weighted by molar-refractivity contribution is -0.130. The number of hydrogen-bond acceptors (Lipinski definition) is 5. The first-order valence-electron chi connectivity index (χ1n) is 8.43. The number of anilines is 2. The van der Waals surface area contributed by atoms with E-state index in [1.165, 1.54) is 37.4 Å². The van der Waals surface area contributed by atoms with Gasteiger partial charge in [0.05, 0.1) is 0 Å². The van der Waals surface area contributed by atoms with Gasteiger partial charge >= 0.3 is 6.03 Å². The summed E-state index contributed by atoms with van der Waals surface area (Å²) in [6.07, 6.45) is 1.45. The van der Waals surface area contributed by atoms with Crippen molar-refractivity contribution in [2.45, 2.75) is 6.92 Å². The first-order chi connectivity index (χ1) is 12.9. The van der Waals surface area contributed by atoms with Crippen molar-refractivity contribution in [3.8, 4) is 11.5 Å². The fourth-order valence-corrected chi connectivity index (χ4v) is 2.68. The predicted molar refractivity (Wildman–Crippen MR) is 98.0 cm³/mol. The number of nitrogens with zero attached hydrogens (tertiary/aromatic N) is 3. The lowest BCUT2D eigenvalue weighted by atomic mass is 10.3. The minimum atomic E-state index is -0.583. The van der Waals surface area contributed by atoms with Crippen LogP contribution >= 0.6 is 0 Å². The second kappa shape index (κ2) is 7.90. The SMILES string of the molecule is CC(=O)N1CCN(C(=O)Nc2cc(Oc3ccc(N)cc3F)ccn2)CC1. The van der Waals surface area contributed by atoms with Crippen molar-refractivity contribution in [3.05, 3.63) is 42.3 Å². The van der Waals surface area contributed by atoms with Crippen LogP contribution in [0.5, 0.6) is 11.5 Å². The van der Waals surface area contributed by atoms with E-state index in [1.54, 1.807) is 15.9 Å². The number of hydrogen-bond donors (Lipinski definition) is 2. The molecule has 0 unspecified atom stereocenters. The van der Waals surface area contributed by atoms with Gasteiger partial charge in [0.2, 0.25) is 5.91 Å².